The fourth-order valence-electron chi connectivity index (χ4n) is 6.41. The van der Waals surface area contributed by atoms with Crippen molar-refractivity contribution in [1.82, 2.24) is 4.90 Å². The first-order valence-electron chi connectivity index (χ1n) is 10.8. The number of non-ortho nitro benzene ring substituents is 1. The number of hydrogen-bond acceptors (Lipinski definition) is 6. The molecular weight excluding hydrogens is 448 g/mol. The van der Waals surface area contributed by atoms with Crippen molar-refractivity contribution < 1.29 is 19.3 Å². The molecule has 0 saturated carbocycles. The maximum absolute atomic E-state index is 13.9. The van der Waals surface area contributed by atoms with Crippen molar-refractivity contribution >= 4 is 46.4 Å². The van der Waals surface area contributed by atoms with Gasteiger partial charge in [-0.2, -0.15) is 0 Å². The van der Waals surface area contributed by atoms with Gasteiger partial charge in [-0.25, -0.2) is 4.90 Å². The van der Waals surface area contributed by atoms with Crippen LogP contribution in [0.3, 0.4) is 0 Å². The first kappa shape index (κ1) is 20.3. The van der Waals surface area contributed by atoms with E-state index in [1.54, 1.807) is 12.1 Å². The van der Waals surface area contributed by atoms with E-state index in [0.717, 1.165) is 16.9 Å². The van der Waals surface area contributed by atoms with Gasteiger partial charge in [-0.1, -0.05) is 11.6 Å². The zero-order chi connectivity index (χ0) is 23.2. The van der Waals surface area contributed by atoms with Gasteiger partial charge in [0.05, 0.1) is 22.4 Å². The summed E-state index contributed by atoms with van der Waals surface area (Å²) in [7, 11) is 0. The molecule has 33 heavy (non-hydrogen) atoms. The Balaban J connectivity index is 1.53. The molecule has 10 heteroatoms. The number of nitrogens with zero attached hydrogens (tertiary/aromatic N) is 3. The van der Waals surface area contributed by atoms with E-state index in [-0.39, 0.29) is 29.2 Å². The van der Waals surface area contributed by atoms with E-state index in [9.17, 15) is 24.5 Å². The van der Waals surface area contributed by atoms with Gasteiger partial charge >= 0.3 is 0 Å². The molecule has 4 atom stereocenters. The second-order valence-electron chi connectivity index (χ2n) is 9.06. The molecule has 4 aliphatic heterocycles. The normalized spacial score (nSPS) is 30.1. The number of carbonyl (C=O) groups is 3. The lowest BCUT2D eigenvalue weighted by Gasteiger charge is -2.36. The van der Waals surface area contributed by atoms with Crippen molar-refractivity contribution in [3.05, 3.63) is 62.7 Å². The van der Waals surface area contributed by atoms with Crippen LogP contribution in [0.25, 0.3) is 0 Å². The highest BCUT2D eigenvalue weighted by atomic mass is 35.5. The van der Waals surface area contributed by atoms with Crippen molar-refractivity contribution in [2.45, 2.75) is 31.3 Å². The summed E-state index contributed by atoms with van der Waals surface area (Å²) in [6.07, 6.45) is 1.52. The molecule has 0 radical (unpaired) electrons. The fraction of sp³-hybridized carbons (Fsp3) is 0.348. The van der Waals surface area contributed by atoms with Crippen molar-refractivity contribution in [1.29, 1.82) is 0 Å². The van der Waals surface area contributed by atoms with Crippen LogP contribution >= 0.6 is 11.6 Å². The third-order valence-corrected chi connectivity index (χ3v) is 7.80. The Morgan fingerprint density at radius 2 is 1.88 bits per heavy atom. The molecule has 4 heterocycles. The van der Waals surface area contributed by atoms with E-state index < -0.39 is 28.2 Å². The molecule has 0 unspecified atom stereocenters. The molecule has 3 saturated heterocycles. The van der Waals surface area contributed by atoms with Crippen LogP contribution in [0.4, 0.5) is 17.1 Å². The second-order valence-corrected chi connectivity index (χ2v) is 9.49. The lowest BCUT2D eigenvalue weighted by molar-refractivity contribution is -0.384. The van der Waals surface area contributed by atoms with E-state index in [1.807, 2.05) is 11.8 Å². The molecule has 0 bridgehead atoms. The number of imide groups is 1. The summed E-state index contributed by atoms with van der Waals surface area (Å²) < 4.78 is 0. The number of carbonyl (C=O) groups excluding carboxylic acids is 3. The van der Waals surface area contributed by atoms with Gasteiger partial charge in [0.25, 0.3) is 5.69 Å². The average Bonchev–Trinajstić information content (AvgIpc) is 3.47. The molecular formula is C23H19ClN4O5. The number of benzene rings is 2. The molecule has 0 aromatic heterocycles. The molecule has 168 valence electrons. The van der Waals surface area contributed by atoms with Crippen LogP contribution in [-0.2, 0) is 19.9 Å². The zero-order valence-electron chi connectivity index (χ0n) is 17.6. The summed E-state index contributed by atoms with van der Waals surface area (Å²) in [5.74, 6) is -2.72. The summed E-state index contributed by atoms with van der Waals surface area (Å²) in [5.41, 5.74) is 0.912. The Labute approximate surface area is 193 Å². The lowest BCUT2D eigenvalue weighted by Crippen LogP contribution is -2.54. The minimum atomic E-state index is -1.31. The smallest absolute Gasteiger partial charge is 0.269 e. The van der Waals surface area contributed by atoms with Gasteiger partial charge in [0.2, 0.25) is 17.7 Å². The molecule has 1 N–H and O–H groups in total. The molecule has 1 spiro atoms. The lowest BCUT2D eigenvalue weighted by atomic mass is 9.75. The van der Waals surface area contributed by atoms with Gasteiger partial charge in [-0.3, -0.25) is 29.4 Å². The largest absolute Gasteiger partial charge is 0.324 e. The number of fused-ring (bicyclic) bond motifs is 7. The Morgan fingerprint density at radius 3 is 2.58 bits per heavy atom. The van der Waals surface area contributed by atoms with Crippen LogP contribution in [0.5, 0.6) is 0 Å². The topological polar surface area (TPSA) is 113 Å². The number of anilines is 2. The summed E-state index contributed by atoms with van der Waals surface area (Å²) in [6.45, 7) is 2.46. The molecule has 2 aromatic rings. The zero-order valence-corrected chi connectivity index (χ0v) is 18.3. The highest BCUT2D eigenvalue weighted by Gasteiger charge is 2.74. The van der Waals surface area contributed by atoms with Gasteiger partial charge in [0, 0.05) is 34.4 Å². The van der Waals surface area contributed by atoms with E-state index >= 15 is 0 Å². The van der Waals surface area contributed by atoms with Crippen LogP contribution in [0.15, 0.2) is 36.4 Å². The Morgan fingerprint density at radius 1 is 1.15 bits per heavy atom. The number of aryl methyl sites for hydroxylation is 1. The van der Waals surface area contributed by atoms with Crippen molar-refractivity contribution in [3.8, 4) is 0 Å². The molecule has 3 amide bonds. The van der Waals surface area contributed by atoms with Gasteiger partial charge in [-0.15, -0.1) is 0 Å². The predicted molar refractivity (Wildman–Crippen MR) is 119 cm³/mol. The standard InChI is InChI=1S/C23H19ClN4O5/c1-11-9-12(24)10-15-19(11)25-22(31)23(15)18-17(16-3-2-8-26(16)23)20(29)27(21(18)30)13-4-6-14(7-5-13)28(32)33/h4-7,9-10,16-18H,2-3,8H2,1H3,(H,25,31)/t16-,17-,18-,23-/m1/s1. The Bertz CT molecular complexity index is 1280. The maximum Gasteiger partial charge on any atom is 0.269 e. The van der Waals surface area contributed by atoms with Crippen LogP contribution in [0.1, 0.15) is 24.0 Å². The SMILES string of the molecule is Cc1cc(Cl)cc2c1NC(=O)[C@]21[C@H]2C(=O)N(c3ccc([N+](=O)[O-])cc3)C(=O)[C@@H]2[C@H]2CCCN21. The van der Waals surface area contributed by atoms with Crippen molar-refractivity contribution in [3.63, 3.8) is 0 Å². The van der Waals surface area contributed by atoms with E-state index in [4.69, 9.17) is 11.6 Å². The number of nitro groups is 1. The van der Waals surface area contributed by atoms with Gasteiger partial charge in [0.15, 0.2) is 0 Å². The summed E-state index contributed by atoms with van der Waals surface area (Å²) in [6, 6.07) is 8.58. The quantitative estimate of drug-likeness (QED) is 0.413. The van der Waals surface area contributed by atoms with E-state index in [2.05, 4.69) is 5.32 Å². The molecule has 0 aliphatic carbocycles. The summed E-state index contributed by atoms with van der Waals surface area (Å²) in [5, 5.41) is 14.4. The first-order valence-corrected chi connectivity index (χ1v) is 11.2. The minimum Gasteiger partial charge on any atom is -0.324 e. The summed E-state index contributed by atoms with van der Waals surface area (Å²) in [4.78, 5) is 54.8. The van der Waals surface area contributed by atoms with Gasteiger partial charge < -0.3 is 5.32 Å². The second kappa shape index (κ2) is 6.61. The molecule has 6 rings (SSSR count). The van der Waals surface area contributed by atoms with Crippen LogP contribution in [-0.4, -0.2) is 40.1 Å². The van der Waals surface area contributed by atoms with Crippen molar-refractivity contribution in [2.75, 3.05) is 16.8 Å². The number of nitro benzene ring substituents is 1. The van der Waals surface area contributed by atoms with Crippen molar-refractivity contribution in [2.24, 2.45) is 11.8 Å². The molecule has 9 nitrogen and oxygen atoms in total. The number of hydrogen-bond donors (Lipinski definition) is 1. The molecule has 2 aromatic carbocycles. The third-order valence-electron chi connectivity index (χ3n) is 7.58. The average molecular weight is 467 g/mol. The predicted octanol–water partition coefficient (Wildman–Crippen LogP) is 2.99. The Kier molecular flexibility index (Phi) is 4.07. The van der Waals surface area contributed by atoms with Gasteiger partial charge in [-0.05, 0) is 56.1 Å². The van der Waals surface area contributed by atoms with E-state index in [1.165, 1.54) is 24.3 Å². The third kappa shape index (κ3) is 2.38. The van der Waals surface area contributed by atoms with Crippen LogP contribution in [0.2, 0.25) is 5.02 Å². The highest BCUT2D eigenvalue weighted by molar-refractivity contribution is 6.31. The fourth-order valence-corrected chi connectivity index (χ4v) is 6.69. The number of halogens is 1. The number of rotatable bonds is 2. The van der Waals surface area contributed by atoms with Crippen LogP contribution < -0.4 is 10.2 Å². The molecule has 4 aliphatic rings. The number of nitrogens with one attached hydrogen (secondary N) is 1. The van der Waals surface area contributed by atoms with Crippen LogP contribution in [0, 0.1) is 28.9 Å². The summed E-state index contributed by atoms with van der Waals surface area (Å²) >= 11 is 6.38. The monoisotopic (exact) mass is 466 g/mol. The number of amides is 3. The minimum absolute atomic E-state index is 0.134. The highest BCUT2D eigenvalue weighted by Crippen LogP contribution is 2.61. The molecule has 3 fully saturated rings. The van der Waals surface area contributed by atoms with E-state index in [0.29, 0.717) is 29.2 Å². The first-order chi connectivity index (χ1) is 15.8. The Hall–Kier alpha value is -3.30. The van der Waals surface area contributed by atoms with Gasteiger partial charge in [0.1, 0.15) is 5.54 Å². The maximum atomic E-state index is 13.9.